The number of methoxy groups -OCH3 is 1. The molecule has 4 N–H and O–H groups in total. The molecule has 1 aromatic heterocycles. The highest BCUT2D eigenvalue weighted by molar-refractivity contribution is 7.59. The van der Waals surface area contributed by atoms with Crippen molar-refractivity contribution in [3.05, 3.63) is 23.8 Å². The second-order valence-corrected chi connectivity index (χ2v) is 4.97. The maximum atomic E-state index is 11.6. The predicted octanol–water partition coefficient (Wildman–Crippen LogP) is 1.68. The lowest BCUT2D eigenvalue weighted by Gasteiger charge is -2.17. The fourth-order valence-electron chi connectivity index (χ4n) is 2.25. The van der Waals surface area contributed by atoms with Gasteiger partial charge in [0.1, 0.15) is 5.82 Å². The fourth-order valence-corrected chi connectivity index (χ4v) is 2.25. The topological polar surface area (TPSA) is 110 Å². The molecule has 0 aliphatic rings. The smallest absolute Gasteiger partial charge is 0.337 e. The number of ether oxygens (including phenoxy) is 1. The zero-order valence-corrected chi connectivity index (χ0v) is 14.2. The Bertz CT molecular complexity index is 681. The van der Waals surface area contributed by atoms with E-state index in [1.807, 2.05) is 6.92 Å². The Hall–Kier alpha value is -2.06. The van der Waals surface area contributed by atoms with Gasteiger partial charge in [-0.25, -0.2) is 9.78 Å². The molecule has 23 heavy (non-hydrogen) atoms. The second-order valence-electron chi connectivity index (χ2n) is 4.97. The number of hydrogen-bond acceptors (Lipinski definition) is 7. The van der Waals surface area contributed by atoms with Crippen molar-refractivity contribution in [1.82, 2.24) is 9.97 Å². The van der Waals surface area contributed by atoms with Crippen LogP contribution in [-0.4, -0.2) is 40.8 Å². The lowest BCUT2D eigenvalue weighted by molar-refractivity contribution is 0.0601. The summed E-state index contributed by atoms with van der Waals surface area (Å²) in [5.41, 5.74) is 6.68. The van der Waals surface area contributed by atoms with Gasteiger partial charge >= 0.3 is 5.97 Å². The molecule has 8 heteroatoms. The van der Waals surface area contributed by atoms with Crippen molar-refractivity contribution in [2.24, 2.45) is 0 Å². The highest BCUT2D eigenvalue weighted by Gasteiger charge is 2.13. The molecule has 0 aliphatic carbocycles. The number of nitrogen functional groups attached to an aromatic ring is 1. The Morgan fingerprint density at radius 3 is 2.78 bits per heavy atom. The van der Waals surface area contributed by atoms with E-state index in [4.69, 9.17) is 10.5 Å². The highest BCUT2D eigenvalue weighted by Crippen LogP contribution is 2.24. The van der Waals surface area contributed by atoms with Crippen molar-refractivity contribution in [3.63, 3.8) is 0 Å². The van der Waals surface area contributed by atoms with Gasteiger partial charge in [0.15, 0.2) is 0 Å². The van der Waals surface area contributed by atoms with E-state index in [9.17, 15) is 9.90 Å². The van der Waals surface area contributed by atoms with Gasteiger partial charge in [-0.3, -0.25) is 0 Å². The van der Waals surface area contributed by atoms with Crippen LogP contribution in [0.1, 0.15) is 30.1 Å². The summed E-state index contributed by atoms with van der Waals surface area (Å²) in [5, 5.41) is 13.3. The Morgan fingerprint density at radius 2 is 2.17 bits per heavy atom. The number of rotatable bonds is 6. The van der Waals surface area contributed by atoms with Crippen LogP contribution in [0.15, 0.2) is 18.2 Å². The molecule has 126 valence electrons. The van der Waals surface area contributed by atoms with Crippen LogP contribution in [0.3, 0.4) is 0 Å². The molecule has 1 unspecified atom stereocenters. The van der Waals surface area contributed by atoms with E-state index in [1.165, 1.54) is 7.11 Å². The second kappa shape index (κ2) is 8.54. The van der Waals surface area contributed by atoms with Crippen molar-refractivity contribution in [2.75, 3.05) is 24.8 Å². The molecule has 0 saturated heterocycles. The van der Waals surface area contributed by atoms with Crippen LogP contribution in [-0.2, 0) is 4.74 Å². The minimum absolute atomic E-state index is 0. The Balaban J connectivity index is 0.00000264. The van der Waals surface area contributed by atoms with Gasteiger partial charge in [0.25, 0.3) is 0 Å². The lowest BCUT2D eigenvalue weighted by atomic mass is 10.1. The van der Waals surface area contributed by atoms with Gasteiger partial charge in [0, 0.05) is 5.39 Å². The van der Waals surface area contributed by atoms with Gasteiger partial charge in [-0.05, 0) is 24.6 Å². The van der Waals surface area contributed by atoms with Gasteiger partial charge in [0.05, 0.1) is 30.8 Å². The van der Waals surface area contributed by atoms with Crippen molar-refractivity contribution >= 4 is 42.1 Å². The molecule has 0 aliphatic heterocycles. The minimum Gasteiger partial charge on any atom is -0.465 e. The first-order chi connectivity index (χ1) is 10.6. The largest absolute Gasteiger partial charge is 0.465 e. The number of nitrogens with two attached hydrogens (primary N) is 1. The molecule has 0 amide bonds. The van der Waals surface area contributed by atoms with E-state index in [2.05, 4.69) is 15.3 Å². The van der Waals surface area contributed by atoms with Crippen molar-refractivity contribution in [3.8, 4) is 0 Å². The molecule has 7 nitrogen and oxygen atoms in total. The summed E-state index contributed by atoms with van der Waals surface area (Å²) in [4.78, 5) is 19.9. The third-order valence-corrected chi connectivity index (χ3v) is 3.33. The Morgan fingerprint density at radius 1 is 1.43 bits per heavy atom. The number of aromatic nitrogens is 2. The van der Waals surface area contributed by atoms with Crippen LogP contribution in [0.2, 0.25) is 0 Å². The quantitative estimate of drug-likeness (QED) is 0.687. The Labute approximate surface area is 141 Å². The fraction of sp³-hybridized carbons (Fsp3) is 0.400. The number of esters is 1. The van der Waals surface area contributed by atoms with E-state index in [0.29, 0.717) is 16.9 Å². The maximum Gasteiger partial charge on any atom is 0.337 e. The molecule has 0 spiro atoms. The van der Waals surface area contributed by atoms with Crippen LogP contribution < -0.4 is 11.1 Å². The normalized spacial score (nSPS) is 11.6. The van der Waals surface area contributed by atoms with Gasteiger partial charge in [-0.1, -0.05) is 13.3 Å². The number of nitrogens with one attached hydrogen (secondary N) is 1. The average Bonchev–Trinajstić information content (AvgIpc) is 2.52. The van der Waals surface area contributed by atoms with Gasteiger partial charge in [-0.2, -0.15) is 18.5 Å². The summed E-state index contributed by atoms with van der Waals surface area (Å²) in [6, 6.07) is 4.89. The van der Waals surface area contributed by atoms with Gasteiger partial charge < -0.3 is 20.9 Å². The monoisotopic (exact) mass is 338 g/mol. The number of carbonyl (C=O) groups excluding carboxylic acids is 1. The molecular formula is C15H22N4O3S. The summed E-state index contributed by atoms with van der Waals surface area (Å²) in [6.07, 6.45) is 1.74. The summed E-state index contributed by atoms with van der Waals surface area (Å²) in [5.74, 6) is 0.212. The van der Waals surface area contributed by atoms with Gasteiger partial charge in [-0.15, -0.1) is 0 Å². The SMILES string of the molecule is CCCC(CO)Nc1nc(N)nc2cc(C(=O)OC)ccc12.S. The predicted molar refractivity (Wildman–Crippen MR) is 95.1 cm³/mol. The van der Waals surface area contributed by atoms with Crippen molar-refractivity contribution in [1.29, 1.82) is 0 Å². The zero-order valence-electron chi connectivity index (χ0n) is 13.2. The van der Waals surface area contributed by atoms with E-state index in [0.717, 1.165) is 18.2 Å². The van der Waals surface area contributed by atoms with E-state index in [-0.39, 0.29) is 32.1 Å². The van der Waals surface area contributed by atoms with E-state index in [1.54, 1.807) is 18.2 Å². The van der Waals surface area contributed by atoms with Crippen LogP contribution in [0.25, 0.3) is 10.9 Å². The molecule has 1 aromatic carbocycles. The molecule has 0 radical (unpaired) electrons. The molecule has 2 aromatic rings. The first-order valence-corrected chi connectivity index (χ1v) is 7.12. The molecule has 2 rings (SSSR count). The number of fused-ring (bicyclic) bond motifs is 1. The van der Waals surface area contributed by atoms with E-state index < -0.39 is 5.97 Å². The highest BCUT2D eigenvalue weighted by atomic mass is 32.1. The summed E-state index contributed by atoms with van der Waals surface area (Å²) in [7, 11) is 1.32. The number of aliphatic hydroxyl groups is 1. The third-order valence-electron chi connectivity index (χ3n) is 3.33. The number of aliphatic hydroxyl groups excluding tert-OH is 1. The summed E-state index contributed by atoms with van der Waals surface area (Å²) in [6.45, 7) is 2.04. The standard InChI is InChI=1S/C15H20N4O3.H2S/c1-3-4-10(8-20)17-13-11-6-5-9(14(21)22-2)7-12(11)18-15(16)19-13;/h5-7,10,20H,3-4,8H2,1-2H3,(H3,16,17,18,19);1H2. The number of carbonyl (C=O) groups is 1. The number of nitrogens with zero attached hydrogens (tertiary/aromatic N) is 2. The van der Waals surface area contributed by atoms with Crippen LogP contribution in [0.5, 0.6) is 0 Å². The first kappa shape index (κ1) is 19.0. The molecular weight excluding hydrogens is 316 g/mol. The first-order valence-electron chi connectivity index (χ1n) is 7.12. The third kappa shape index (κ3) is 4.46. The van der Waals surface area contributed by atoms with Crippen LogP contribution >= 0.6 is 13.5 Å². The van der Waals surface area contributed by atoms with Crippen LogP contribution in [0.4, 0.5) is 11.8 Å². The van der Waals surface area contributed by atoms with Crippen molar-refractivity contribution < 1.29 is 14.6 Å². The molecule has 0 fully saturated rings. The molecule has 0 saturated carbocycles. The molecule has 0 bridgehead atoms. The lowest BCUT2D eigenvalue weighted by Crippen LogP contribution is -2.24. The number of anilines is 2. The minimum atomic E-state index is -0.437. The summed E-state index contributed by atoms with van der Waals surface area (Å²) < 4.78 is 4.70. The Kier molecular flexibility index (Phi) is 7.05. The van der Waals surface area contributed by atoms with Crippen molar-refractivity contribution in [2.45, 2.75) is 25.8 Å². The average molecular weight is 338 g/mol. The maximum absolute atomic E-state index is 11.6. The number of hydrogen-bond donors (Lipinski definition) is 3. The van der Waals surface area contributed by atoms with Gasteiger partial charge in [0.2, 0.25) is 5.95 Å². The molecule has 1 heterocycles. The molecule has 1 atom stereocenters. The van der Waals surface area contributed by atoms with Crippen LogP contribution in [0, 0.1) is 0 Å². The number of benzene rings is 1. The van der Waals surface area contributed by atoms with E-state index >= 15 is 0 Å². The zero-order chi connectivity index (χ0) is 16.1. The summed E-state index contributed by atoms with van der Waals surface area (Å²) >= 11 is 0.